The molecule has 1 aromatic heterocycles. The summed E-state index contributed by atoms with van der Waals surface area (Å²) in [5.74, 6) is 1.21. The lowest BCUT2D eigenvalue weighted by molar-refractivity contribution is 0.411. The number of nitrogens with zero attached hydrogens (tertiary/aromatic N) is 1. The summed E-state index contributed by atoms with van der Waals surface area (Å²) in [4.78, 5) is 12.6. The smallest absolute Gasteiger partial charge is 0.258 e. The molecule has 3 heteroatoms. The Morgan fingerprint density at radius 3 is 2.45 bits per heavy atom. The Labute approximate surface area is 120 Å². The Kier molecular flexibility index (Phi) is 4.17. The van der Waals surface area contributed by atoms with Crippen LogP contribution in [-0.4, -0.2) is 11.7 Å². The molecule has 20 heavy (non-hydrogen) atoms. The first kappa shape index (κ1) is 14.6. The van der Waals surface area contributed by atoms with Crippen molar-refractivity contribution in [2.45, 2.75) is 46.1 Å². The van der Waals surface area contributed by atoms with Gasteiger partial charge >= 0.3 is 0 Å². The van der Waals surface area contributed by atoms with Crippen LogP contribution in [0.1, 0.15) is 51.6 Å². The average molecular weight is 273 g/mol. The van der Waals surface area contributed by atoms with E-state index in [1.54, 1.807) is 17.9 Å². The van der Waals surface area contributed by atoms with Gasteiger partial charge in [0, 0.05) is 11.4 Å². The van der Waals surface area contributed by atoms with Crippen LogP contribution in [0.3, 0.4) is 0 Å². The summed E-state index contributed by atoms with van der Waals surface area (Å²) < 4.78 is 7.18. The number of ether oxygens (including phenoxy) is 1. The van der Waals surface area contributed by atoms with Gasteiger partial charge in [-0.3, -0.25) is 4.79 Å². The van der Waals surface area contributed by atoms with Crippen LogP contribution in [0.15, 0.2) is 29.2 Å². The van der Waals surface area contributed by atoms with Crippen LogP contribution in [-0.2, 0) is 0 Å². The van der Waals surface area contributed by atoms with Gasteiger partial charge in [0.15, 0.2) is 0 Å². The van der Waals surface area contributed by atoms with Gasteiger partial charge in [-0.05, 0) is 37.8 Å². The highest BCUT2D eigenvalue weighted by molar-refractivity contribution is 5.88. The summed E-state index contributed by atoms with van der Waals surface area (Å²) in [6.45, 7) is 8.35. The first-order valence-corrected chi connectivity index (χ1v) is 7.22. The Bertz CT molecular complexity index is 670. The van der Waals surface area contributed by atoms with Gasteiger partial charge in [0.2, 0.25) is 0 Å². The van der Waals surface area contributed by atoms with E-state index < -0.39 is 0 Å². The first-order chi connectivity index (χ1) is 9.49. The Morgan fingerprint density at radius 1 is 1.20 bits per heavy atom. The topological polar surface area (TPSA) is 31.2 Å². The number of pyridine rings is 1. The Morgan fingerprint density at radius 2 is 1.90 bits per heavy atom. The molecule has 0 amide bonds. The number of benzene rings is 1. The normalized spacial score (nSPS) is 12.9. The van der Waals surface area contributed by atoms with Crippen molar-refractivity contribution in [1.82, 2.24) is 4.57 Å². The lowest BCUT2D eigenvalue weighted by Crippen LogP contribution is -2.22. The van der Waals surface area contributed by atoms with Gasteiger partial charge in [-0.25, -0.2) is 0 Å². The molecule has 0 saturated heterocycles. The predicted molar refractivity (Wildman–Crippen MR) is 83.9 cm³/mol. The standard InChI is InChI=1S/C17H23NO2/c1-6-12(4)13-7-8-14-15(9-13)17(19)18(11(2)3)10-16(14)20-5/h7-12H,6H2,1-5H3. The third-order valence-corrected chi connectivity index (χ3v) is 3.99. The molecule has 2 rings (SSSR count). The zero-order chi connectivity index (χ0) is 14.9. The van der Waals surface area contributed by atoms with Crippen LogP contribution >= 0.6 is 0 Å². The lowest BCUT2D eigenvalue weighted by atomic mass is 9.96. The average Bonchev–Trinajstić information content (AvgIpc) is 2.46. The molecule has 0 radical (unpaired) electrons. The van der Waals surface area contributed by atoms with Crippen LogP contribution in [0.5, 0.6) is 5.75 Å². The predicted octanol–water partition coefficient (Wildman–Crippen LogP) is 4.10. The molecule has 1 unspecified atom stereocenters. The molecule has 3 nitrogen and oxygen atoms in total. The quantitative estimate of drug-likeness (QED) is 0.839. The van der Waals surface area contributed by atoms with Crippen molar-refractivity contribution in [2.75, 3.05) is 7.11 Å². The monoisotopic (exact) mass is 273 g/mol. The summed E-state index contributed by atoms with van der Waals surface area (Å²) in [7, 11) is 1.65. The van der Waals surface area contributed by atoms with E-state index >= 15 is 0 Å². The summed E-state index contributed by atoms with van der Waals surface area (Å²) in [5.41, 5.74) is 1.27. The molecule has 0 bridgehead atoms. The molecule has 0 fully saturated rings. The molecule has 108 valence electrons. The fourth-order valence-electron chi connectivity index (χ4n) is 2.44. The summed E-state index contributed by atoms with van der Waals surface area (Å²) in [6.07, 6.45) is 2.87. The van der Waals surface area contributed by atoms with Crippen LogP contribution < -0.4 is 10.3 Å². The third kappa shape index (κ3) is 2.45. The van der Waals surface area contributed by atoms with Crippen LogP contribution in [0, 0.1) is 0 Å². The maximum absolute atomic E-state index is 12.6. The molecular weight excluding hydrogens is 250 g/mol. The Hall–Kier alpha value is -1.77. The number of methoxy groups -OCH3 is 1. The number of aromatic nitrogens is 1. The lowest BCUT2D eigenvalue weighted by Gasteiger charge is -2.16. The van der Waals surface area contributed by atoms with Gasteiger partial charge in [-0.2, -0.15) is 0 Å². The van der Waals surface area contributed by atoms with Crippen LogP contribution in [0.25, 0.3) is 10.8 Å². The minimum Gasteiger partial charge on any atom is -0.495 e. The van der Waals surface area contributed by atoms with Crippen molar-refractivity contribution in [1.29, 1.82) is 0 Å². The van der Waals surface area contributed by atoms with Gasteiger partial charge in [-0.1, -0.05) is 26.0 Å². The van der Waals surface area contributed by atoms with Crippen molar-refractivity contribution in [3.63, 3.8) is 0 Å². The van der Waals surface area contributed by atoms with Crippen molar-refractivity contribution < 1.29 is 4.74 Å². The number of hydrogen-bond acceptors (Lipinski definition) is 2. The summed E-state index contributed by atoms with van der Waals surface area (Å²) in [5, 5.41) is 1.64. The number of fused-ring (bicyclic) bond motifs is 1. The van der Waals surface area contributed by atoms with E-state index in [4.69, 9.17) is 4.74 Å². The number of hydrogen-bond donors (Lipinski definition) is 0. The van der Waals surface area contributed by atoms with Crippen LogP contribution in [0.4, 0.5) is 0 Å². The molecule has 0 spiro atoms. The van der Waals surface area contributed by atoms with E-state index in [1.807, 2.05) is 26.0 Å². The molecule has 0 saturated carbocycles. The minimum absolute atomic E-state index is 0.0564. The first-order valence-electron chi connectivity index (χ1n) is 7.22. The van der Waals surface area contributed by atoms with Crippen LogP contribution in [0.2, 0.25) is 0 Å². The van der Waals surface area contributed by atoms with E-state index in [2.05, 4.69) is 19.9 Å². The van der Waals surface area contributed by atoms with E-state index in [9.17, 15) is 4.79 Å². The molecule has 1 atom stereocenters. The van der Waals surface area contributed by atoms with E-state index in [0.717, 1.165) is 22.9 Å². The van der Waals surface area contributed by atoms with E-state index in [1.165, 1.54) is 5.56 Å². The zero-order valence-corrected chi connectivity index (χ0v) is 12.9. The molecule has 0 aliphatic heterocycles. The molecule has 0 N–H and O–H groups in total. The Balaban J connectivity index is 2.78. The highest BCUT2D eigenvalue weighted by Crippen LogP contribution is 2.28. The van der Waals surface area contributed by atoms with Gasteiger partial charge in [-0.15, -0.1) is 0 Å². The van der Waals surface area contributed by atoms with Crippen molar-refractivity contribution in [3.8, 4) is 5.75 Å². The number of rotatable bonds is 4. The molecular formula is C17H23NO2. The second kappa shape index (κ2) is 5.70. The second-order valence-corrected chi connectivity index (χ2v) is 5.62. The van der Waals surface area contributed by atoms with Gasteiger partial charge in [0.1, 0.15) is 5.75 Å². The largest absolute Gasteiger partial charge is 0.495 e. The molecule has 2 aromatic rings. The molecule has 1 aromatic carbocycles. The SMILES string of the molecule is CCC(C)c1ccc2c(OC)cn(C(C)C)c(=O)c2c1. The second-order valence-electron chi connectivity index (χ2n) is 5.62. The fourth-order valence-corrected chi connectivity index (χ4v) is 2.44. The highest BCUT2D eigenvalue weighted by Gasteiger charge is 2.13. The maximum Gasteiger partial charge on any atom is 0.258 e. The van der Waals surface area contributed by atoms with Gasteiger partial charge in [0.05, 0.1) is 18.7 Å². The van der Waals surface area contributed by atoms with Gasteiger partial charge < -0.3 is 9.30 Å². The van der Waals surface area contributed by atoms with E-state index in [-0.39, 0.29) is 11.6 Å². The van der Waals surface area contributed by atoms with E-state index in [0.29, 0.717) is 5.92 Å². The molecule has 0 aliphatic carbocycles. The van der Waals surface area contributed by atoms with Crippen molar-refractivity contribution in [3.05, 3.63) is 40.3 Å². The maximum atomic E-state index is 12.6. The minimum atomic E-state index is 0.0564. The van der Waals surface area contributed by atoms with Gasteiger partial charge in [0.25, 0.3) is 5.56 Å². The third-order valence-electron chi connectivity index (χ3n) is 3.99. The van der Waals surface area contributed by atoms with Crippen molar-refractivity contribution >= 4 is 10.8 Å². The fraction of sp³-hybridized carbons (Fsp3) is 0.471. The van der Waals surface area contributed by atoms with Crippen molar-refractivity contribution in [2.24, 2.45) is 0 Å². The zero-order valence-electron chi connectivity index (χ0n) is 12.9. The molecule has 0 aliphatic rings. The summed E-state index contributed by atoms with van der Waals surface area (Å²) in [6, 6.07) is 6.24. The molecule has 1 heterocycles. The highest BCUT2D eigenvalue weighted by atomic mass is 16.5. The summed E-state index contributed by atoms with van der Waals surface area (Å²) >= 11 is 0.